The van der Waals surface area contributed by atoms with Gasteiger partial charge in [0.15, 0.2) is 6.29 Å². The number of likely N-dealkylation sites (tertiary alicyclic amines) is 1. The highest BCUT2D eigenvalue weighted by Crippen LogP contribution is 2.15. The van der Waals surface area contributed by atoms with Crippen LogP contribution in [0.1, 0.15) is 40.0 Å². The van der Waals surface area contributed by atoms with Crippen LogP contribution in [0.3, 0.4) is 0 Å². The van der Waals surface area contributed by atoms with Crippen LogP contribution in [0.15, 0.2) is 0 Å². The molecular weight excluding hydrogens is 228 g/mol. The molecule has 0 aromatic carbocycles. The average molecular weight is 258 g/mol. The summed E-state index contributed by atoms with van der Waals surface area (Å²) in [5.41, 5.74) is 0. The zero-order chi connectivity index (χ0) is 13.4. The van der Waals surface area contributed by atoms with Gasteiger partial charge < -0.3 is 19.7 Å². The standard InChI is InChI=1S/C14H30N2O2/c1-5-17-14(18-6-2)7-9-15-13-8-10-16(4)12(3)11-13/h12-15H,5-11H2,1-4H3. The SMILES string of the molecule is CCOC(CCNC1CCN(C)C(C)C1)OCC. The molecule has 4 nitrogen and oxygen atoms in total. The molecule has 0 aliphatic carbocycles. The molecule has 1 rings (SSSR count). The third-order valence-corrected chi connectivity index (χ3v) is 3.73. The Kier molecular flexibility index (Phi) is 7.82. The number of nitrogens with zero attached hydrogens (tertiary/aromatic N) is 1. The first-order valence-corrected chi connectivity index (χ1v) is 7.34. The van der Waals surface area contributed by atoms with E-state index in [1.165, 1.54) is 19.4 Å². The lowest BCUT2D eigenvalue weighted by molar-refractivity contribution is -0.138. The van der Waals surface area contributed by atoms with Gasteiger partial charge in [-0.15, -0.1) is 0 Å². The monoisotopic (exact) mass is 258 g/mol. The molecule has 0 spiro atoms. The van der Waals surface area contributed by atoms with Gasteiger partial charge in [-0.3, -0.25) is 0 Å². The summed E-state index contributed by atoms with van der Waals surface area (Å²) in [5.74, 6) is 0. The molecule has 0 radical (unpaired) electrons. The van der Waals surface area contributed by atoms with Gasteiger partial charge in [-0.1, -0.05) is 0 Å². The summed E-state index contributed by atoms with van der Waals surface area (Å²) in [5, 5.41) is 3.63. The lowest BCUT2D eigenvalue weighted by atomic mass is 9.99. The van der Waals surface area contributed by atoms with Crippen molar-refractivity contribution in [2.75, 3.05) is 33.4 Å². The van der Waals surface area contributed by atoms with Crippen LogP contribution >= 0.6 is 0 Å². The van der Waals surface area contributed by atoms with Gasteiger partial charge in [-0.2, -0.15) is 0 Å². The lowest BCUT2D eigenvalue weighted by Gasteiger charge is -2.35. The molecule has 0 amide bonds. The molecule has 18 heavy (non-hydrogen) atoms. The Morgan fingerprint density at radius 1 is 1.28 bits per heavy atom. The van der Waals surface area contributed by atoms with Crippen LogP contribution in [0.25, 0.3) is 0 Å². The molecule has 0 aromatic rings. The summed E-state index contributed by atoms with van der Waals surface area (Å²) < 4.78 is 11.1. The summed E-state index contributed by atoms with van der Waals surface area (Å²) in [6.45, 7) is 9.93. The maximum atomic E-state index is 5.54. The third kappa shape index (κ3) is 5.65. The van der Waals surface area contributed by atoms with Gasteiger partial charge in [-0.05, 0) is 47.2 Å². The van der Waals surface area contributed by atoms with E-state index in [1.807, 2.05) is 13.8 Å². The minimum atomic E-state index is -0.0452. The molecule has 0 saturated carbocycles. The summed E-state index contributed by atoms with van der Waals surface area (Å²) in [6.07, 6.45) is 3.37. The molecule has 1 saturated heterocycles. The van der Waals surface area contributed by atoms with Crippen LogP contribution in [0.4, 0.5) is 0 Å². The molecule has 0 aromatic heterocycles. The summed E-state index contributed by atoms with van der Waals surface area (Å²) in [7, 11) is 2.21. The molecule has 4 heteroatoms. The fraction of sp³-hybridized carbons (Fsp3) is 1.00. The van der Waals surface area contributed by atoms with Gasteiger partial charge in [0, 0.05) is 38.3 Å². The molecule has 1 fully saturated rings. The van der Waals surface area contributed by atoms with E-state index < -0.39 is 0 Å². The minimum absolute atomic E-state index is 0.0452. The van der Waals surface area contributed by atoms with Gasteiger partial charge in [0.1, 0.15) is 0 Å². The molecule has 0 bridgehead atoms. The van der Waals surface area contributed by atoms with Crippen molar-refractivity contribution < 1.29 is 9.47 Å². The number of nitrogens with one attached hydrogen (secondary N) is 1. The Hall–Kier alpha value is -0.160. The van der Waals surface area contributed by atoms with Crippen LogP contribution in [-0.2, 0) is 9.47 Å². The number of hydrogen-bond acceptors (Lipinski definition) is 4. The molecule has 2 atom stereocenters. The smallest absolute Gasteiger partial charge is 0.158 e. The number of rotatable bonds is 8. The van der Waals surface area contributed by atoms with Crippen molar-refractivity contribution >= 4 is 0 Å². The highest BCUT2D eigenvalue weighted by Gasteiger charge is 2.22. The summed E-state index contributed by atoms with van der Waals surface area (Å²) >= 11 is 0. The van der Waals surface area contributed by atoms with Crippen LogP contribution < -0.4 is 5.32 Å². The molecule has 108 valence electrons. The molecule has 2 unspecified atom stereocenters. The van der Waals surface area contributed by atoms with E-state index in [-0.39, 0.29) is 6.29 Å². The largest absolute Gasteiger partial charge is 0.353 e. The quantitative estimate of drug-likeness (QED) is 0.674. The number of piperidine rings is 1. The summed E-state index contributed by atoms with van der Waals surface area (Å²) in [6, 6.07) is 1.34. The first-order valence-electron chi connectivity index (χ1n) is 7.34. The van der Waals surface area contributed by atoms with Crippen molar-refractivity contribution in [3.63, 3.8) is 0 Å². The van der Waals surface area contributed by atoms with E-state index in [4.69, 9.17) is 9.47 Å². The first kappa shape index (κ1) is 15.9. The Morgan fingerprint density at radius 3 is 2.50 bits per heavy atom. The topological polar surface area (TPSA) is 33.7 Å². The van der Waals surface area contributed by atoms with E-state index in [9.17, 15) is 0 Å². The number of ether oxygens (including phenoxy) is 2. The van der Waals surface area contributed by atoms with Crippen LogP contribution in [-0.4, -0.2) is 56.6 Å². The second-order valence-electron chi connectivity index (χ2n) is 5.13. The van der Waals surface area contributed by atoms with Crippen molar-refractivity contribution in [1.82, 2.24) is 10.2 Å². The van der Waals surface area contributed by atoms with E-state index in [0.717, 1.165) is 26.2 Å². The van der Waals surface area contributed by atoms with E-state index >= 15 is 0 Å². The average Bonchev–Trinajstić information content (AvgIpc) is 2.34. The Balaban J connectivity index is 2.16. The van der Waals surface area contributed by atoms with E-state index in [0.29, 0.717) is 12.1 Å². The molecule has 1 aliphatic rings. The zero-order valence-electron chi connectivity index (χ0n) is 12.4. The normalized spacial score (nSPS) is 25.8. The van der Waals surface area contributed by atoms with Gasteiger partial charge in [0.2, 0.25) is 0 Å². The molecule has 1 aliphatic heterocycles. The Labute approximate surface area is 112 Å². The highest BCUT2D eigenvalue weighted by atomic mass is 16.7. The maximum Gasteiger partial charge on any atom is 0.158 e. The predicted molar refractivity (Wildman–Crippen MR) is 74.8 cm³/mol. The van der Waals surface area contributed by atoms with Crippen LogP contribution in [0.5, 0.6) is 0 Å². The van der Waals surface area contributed by atoms with Crippen LogP contribution in [0, 0.1) is 0 Å². The molecule has 1 N–H and O–H groups in total. The van der Waals surface area contributed by atoms with E-state index in [2.05, 4.69) is 24.2 Å². The Morgan fingerprint density at radius 2 is 1.94 bits per heavy atom. The summed E-state index contributed by atoms with van der Waals surface area (Å²) in [4.78, 5) is 2.43. The highest BCUT2D eigenvalue weighted by molar-refractivity contribution is 4.81. The van der Waals surface area contributed by atoms with Crippen molar-refractivity contribution in [3.05, 3.63) is 0 Å². The van der Waals surface area contributed by atoms with Gasteiger partial charge in [0.25, 0.3) is 0 Å². The van der Waals surface area contributed by atoms with Crippen molar-refractivity contribution in [2.45, 2.75) is 58.4 Å². The lowest BCUT2D eigenvalue weighted by Crippen LogP contribution is -2.46. The van der Waals surface area contributed by atoms with Crippen molar-refractivity contribution in [3.8, 4) is 0 Å². The minimum Gasteiger partial charge on any atom is -0.353 e. The first-order chi connectivity index (χ1) is 8.67. The third-order valence-electron chi connectivity index (χ3n) is 3.73. The second-order valence-corrected chi connectivity index (χ2v) is 5.13. The van der Waals surface area contributed by atoms with Crippen LogP contribution in [0.2, 0.25) is 0 Å². The van der Waals surface area contributed by atoms with E-state index in [1.54, 1.807) is 0 Å². The zero-order valence-corrected chi connectivity index (χ0v) is 12.4. The number of hydrogen-bond donors (Lipinski definition) is 1. The molecule has 1 heterocycles. The second kappa shape index (κ2) is 8.86. The van der Waals surface area contributed by atoms with Crippen molar-refractivity contribution in [2.24, 2.45) is 0 Å². The maximum absolute atomic E-state index is 5.54. The van der Waals surface area contributed by atoms with Gasteiger partial charge in [-0.25, -0.2) is 0 Å². The fourth-order valence-electron chi connectivity index (χ4n) is 2.47. The fourth-order valence-corrected chi connectivity index (χ4v) is 2.47. The van der Waals surface area contributed by atoms with Gasteiger partial charge in [0.05, 0.1) is 0 Å². The molecular formula is C14H30N2O2. The van der Waals surface area contributed by atoms with Gasteiger partial charge >= 0.3 is 0 Å². The van der Waals surface area contributed by atoms with Crippen molar-refractivity contribution in [1.29, 1.82) is 0 Å². The Bertz CT molecular complexity index is 208. The predicted octanol–water partition coefficient (Wildman–Crippen LogP) is 1.85.